The number of aromatic nitrogens is 3. The summed E-state index contributed by atoms with van der Waals surface area (Å²) in [4.78, 5) is 20.7. The van der Waals surface area contributed by atoms with Crippen molar-refractivity contribution in [1.29, 1.82) is 0 Å². The van der Waals surface area contributed by atoms with Crippen LogP contribution in [-0.4, -0.2) is 59.6 Å². The molecule has 0 unspecified atom stereocenters. The first-order valence-corrected chi connectivity index (χ1v) is 15.0. The van der Waals surface area contributed by atoms with E-state index in [1.165, 1.54) is 15.6 Å². The lowest BCUT2D eigenvalue weighted by atomic mass is 9.96. The largest absolute Gasteiger partial charge is 0.492 e. The summed E-state index contributed by atoms with van der Waals surface area (Å²) < 4.78 is 36.3. The SMILES string of the molecule is CCOc1cccc2sc(N(CCn3cccn3)C(=O)C3CCN(S(=O)(=O)c4ccc(C)cc4)CC3)nc12. The number of benzene rings is 2. The van der Waals surface area contributed by atoms with E-state index in [4.69, 9.17) is 9.72 Å². The predicted octanol–water partition coefficient (Wildman–Crippen LogP) is 4.33. The minimum atomic E-state index is -3.60. The number of nitrogens with zero attached hydrogens (tertiary/aromatic N) is 5. The zero-order chi connectivity index (χ0) is 26.7. The van der Waals surface area contributed by atoms with E-state index in [0.717, 1.165) is 15.8 Å². The molecule has 1 aliphatic heterocycles. The van der Waals surface area contributed by atoms with Crippen LogP contribution in [0, 0.1) is 12.8 Å². The average Bonchev–Trinajstić information content (AvgIpc) is 3.60. The Hall–Kier alpha value is -3.28. The standard InChI is InChI=1S/C27H31N5O4S2/c1-3-36-23-6-4-7-24-25(23)29-27(37-24)32(19-18-30-15-5-14-28-30)26(33)21-12-16-31(17-13-21)38(34,35)22-10-8-20(2)9-11-22/h4-11,14-15,21H,3,12-13,16-19H2,1-2H3. The third-order valence-corrected chi connectivity index (χ3v) is 9.70. The van der Waals surface area contributed by atoms with E-state index in [1.807, 2.05) is 44.3 Å². The molecule has 38 heavy (non-hydrogen) atoms. The number of anilines is 1. The number of aryl methyl sites for hydroxylation is 1. The summed E-state index contributed by atoms with van der Waals surface area (Å²) in [6.07, 6.45) is 4.49. The van der Waals surface area contributed by atoms with E-state index in [0.29, 0.717) is 56.5 Å². The molecule has 5 rings (SSSR count). The van der Waals surface area contributed by atoms with Crippen molar-refractivity contribution in [2.24, 2.45) is 5.92 Å². The Balaban J connectivity index is 1.35. The molecular formula is C27H31N5O4S2. The highest BCUT2D eigenvalue weighted by Crippen LogP contribution is 2.36. The highest BCUT2D eigenvalue weighted by molar-refractivity contribution is 7.89. The van der Waals surface area contributed by atoms with Gasteiger partial charge in [-0.2, -0.15) is 9.40 Å². The maximum absolute atomic E-state index is 13.9. The Labute approximate surface area is 226 Å². The van der Waals surface area contributed by atoms with Crippen LogP contribution in [0.2, 0.25) is 0 Å². The molecule has 2 aromatic heterocycles. The Bertz CT molecular complexity index is 1490. The lowest BCUT2D eigenvalue weighted by molar-refractivity contribution is -0.123. The van der Waals surface area contributed by atoms with Gasteiger partial charge in [0.15, 0.2) is 5.13 Å². The summed E-state index contributed by atoms with van der Waals surface area (Å²) in [6.45, 7) is 5.91. The molecule has 1 aliphatic rings. The molecule has 1 saturated heterocycles. The van der Waals surface area contributed by atoms with Gasteiger partial charge < -0.3 is 4.74 Å². The molecular weight excluding hydrogens is 522 g/mol. The van der Waals surface area contributed by atoms with Crippen LogP contribution in [0.5, 0.6) is 5.75 Å². The Morgan fingerprint density at radius 3 is 2.58 bits per heavy atom. The van der Waals surface area contributed by atoms with E-state index >= 15 is 0 Å². The van der Waals surface area contributed by atoms with Crippen LogP contribution in [0.4, 0.5) is 5.13 Å². The maximum Gasteiger partial charge on any atom is 0.243 e. The number of amides is 1. The number of ether oxygens (including phenoxy) is 1. The molecule has 200 valence electrons. The molecule has 11 heteroatoms. The second-order valence-electron chi connectivity index (χ2n) is 9.28. The third kappa shape index (κ3) is 5.45. The molecule has 9 nitrogen and oxygen atoms in total. The Kier molecular flexibility index (Phi) is 7.78. The van der Waals surface area contributed by atoms with E-state index in [1.54, 1.807) is 40.0 Å². The Morgan fingerprint density at radius 2 is 1.89 bits per heavy atom. The van der Waals surface area contributed by atoms with E-state index in [2.05, 4.69) is 5.10 Å². The molecule has 3 heterocycles. The summed E-state index contributed by atoms with van der Waals surface area (Å²) in [6, 6.07) is 14.5. The van der Waals surface area contributed by atoms with Crippen molar-refractivity contribution in [3.8, 4) is 5.75 Å². The zero-order valence-electron chi connectivity index (χ0n) is 21.5. The minimum absolute atomic E-state index is 0.0402. The number of carbonyl (C=O) groups excluding carboxylic acids is 1. The maximum atomic E-state index is 13.9. The smallest absolute Gasteiger partial charge is 0.243 e. The van der Waals surface area contributed by atoms with Crippen molar-refractivity contribution in [3.05, 3.63) is 66.5 Å². The number of para-hydroxylation sites is 1. The van der Waals surface area contributed by atoms with Crippen LogP contribution in [0.3, 0.4) is 0 Å². The molecule has 2 aromatic carbocycles. The van der Waals surface area contributed by atoms with Crippen molar-refractivity contribution >= 4 is 42.6 Å². The molecule has 0 radical (unpaired) electrons. The van der Waals surface area contributed by atoms with Gasteiger partial charge in [0.1, 0.15) is 11.3 Å². The topological polar surface area (TPSA) is 97.6 Å². The predicted molar refractivity (Wildman–Crippen MR) is 148 cm³/mol. The summed E-state index contributed by atoms with van der Waals surface area (Å²) in [5.41, 5.74) is 1.75. The van der Waals surface area contributed by atoms with Gasteiger partial charge in [-0.15, -0.1) is 0 Å². The number of piperidine rings is 1. The molecule has 1 amide bonds. The first kappa shape index (κ1) is 26.3. The fourth-order valence-electron chi connectivity index (χ4n) is 4.66. The first-order valence-electron chi connectivity index (χ1n) is 12.7. The van der Waals surface area contributed by atoms with Gasteiger partial charge in [0.2, 0.25) is 15.9 Å². The number of fused-ring (bicyclic) bond motifs is 1. The molecule has 0 atom stereocenters. The van der Waals surface area contributed by atoms with E-state index < -0.39 is 10.0 Å². The highest BCUT2D eigenvalue weighted by Gasteiger charge is 2.35. The monoisotopic (exact) mass is 553 g/mol. The Morgan fingerprint density at radius 1 is 1.13 bits per heavy atom. The van der Waals surface area contributed by atoms with Crippen molar-refractivity contribution in [2.75, 3.05) is 31.1 Å². The summed E-state index contributed by atoms with van der Waals surface area (Å²) in [7, 11) is -3.60. The van der Waals surface area contributed by atoms with Crippen LogP contribution in [0.15, 0.2) is 65.8 Å². The van der Waals surface area contributed by atoms with Crippen molar-refractivity contribution in [1.82, 2.24) is 19.1 Å². The molecule has 0 N–H and O–H groups in total. The third-order valence-electron chi connectivity index (χ3n) is 6.74. The normalized spacial score (nSPS) is 15.1. The van der Waals surface area contributed by atoms with Gasteiger partial charge in [0.05, 0.1) is 22.7 Å². The number of hydrogen-bond donors (Lipinski definition) is 0. The fraction of sp³-hybridized carbons (Fsp3) is 0.370. The molecule has 0 saturated carbocycles. The lowest BCUT2D eigenvalue weighted by Gasteiger charge is -2.33. The molecule has 4 aromatic rings. The number of rotatable bonds is 9. The van der Waals surface area contributed by atoms with Crippen LogP contribution in [0.25, 0.3) is 10.2 Å². The van der Waals surface area contributed by atoms with Crippen LogP contribution in [0.1, 0.15) is 25.3 Å². The average molecular weight is 554 g/mol. The highest BCUT2D eigenvalue weighted by atomic mass is 32.2. The number of sulfonamides is 1. The lowest BCUT2D eigenvalue weighted by Crippen LogP contribution is -2.45. The molecule has 1 fully saturated rings. The quantitative estimate of drug-likeness (QED) is 0.306. The first-order chi connectivity index (χ1) is 18.4. The van der Waals surface area contributed by atoms with Gasteiger partial charge in [0.25, 0.3) is 0 Å². The molecule has 0 bridgehead atoms. The van der Waals surface area contributed by atoms with Crippen molar-refractivity contribution in [2.45, 2.75) is 38.1 Å². The van der Waals surface area contributed by atoms with Gasteiger partial charge >= 0.3 is 0 Å². The zero-order valence-corrected chi connectivity index (χ0v) is 23.1. The van der Waals surface area contributed by atoms with Gasteiger partial charge in [0, 0.05) is 37.9 Å². The minimum Gasteiger partial charge on any atom is -0.492 e. The summed E-state index contributed by atoms with van der Waals surface area (Å²) in [5, 5.41) is 4.88. The second kappa shape index (κ2) is 11.2. The van der Waals surface area contributed by atoms with E-state index in [9.17, 15) is 13.2 Å². The summed E-state index contributed by atoms with van der Waals surface area (Å²) in [5.74, 6) is 0.360. The van der Waals surface area contributed by atoms with Crippen LogP contribution < -0.4 is 9.64 Å². The van der Waals surface area contributed by atoms with E-state index in [-0.39, 0.29) is 16.7 Å². The van der Waals surface area contributed by atoms with Gasteiger partial charge in [-0.25, -0.2) is 13.4 Å². The molecule has 0 spiro atoms. The van der Waals surface area contributed by atoms with Gasteiger partial charge in [-0.3, -0.25) is 14.4 Å². The number of hydrogen-bond acceptors (Lipinski definition) is 7. The van der Waals surface area contributed by atoms with Crippen LogP contribution in [-0.2, 0) is 21.4 Å². The van der Waals surface area contributed by atoms with Crippen molar-refractivity contribution < 1.29 is 17.9 Å². The molecule has 0 aliphatic carbocycles. The van der Waals surface area contributed by atoms with Gasteiger partial charge in [-0.05, 0) is 57.0 Å². The van der Waals surface area contributed by atoms with Gasteiger partial charge in [-0.1, -0.05) is 35.1 Å². The van der Waals surface area contributed by atoms with Crippen molar-refractivity contribution in [3.63, 3.8) is 0 Å². The number of thiazole rings is 1. The fourth-order valence-corrected chi connectivity index (χ4v) is 7.14. The summed E-state index contributed by atoms with van der Waals surface area (Å²) >= 11 is 1.46. The number of carbonyl (C=O) groups is 1. The van der Waals surface area contributed by atoms with Crippen LogP contribution >= 0.6 is 11.3 Å². The second-order valence-corrected chi connectivity index (χ2v) is 12.2.